The number of nitrogens with two attached hydrogens (primary N) is 1. The maximum atomic E-state index is 6.19. The van der Waals surface area contributed by atoms with E-state index < -0.39 is 0 Å². The third-order valence-corrected chi connectivity index (χ3v) is 3.19. The molecule has 0 aromatic heterocycles. The van der Waals surface area contributed by atoms with Crippen LogP contribution in [0.1, 0.15) is 47.5 Å². The zero-order valence-corrected chi connectivity index (χ0v) is 12.2. The molecule has 0 amide bonds. The highest BCUT2D eigenvalue weighted by Gasteiger charge is 2.23. The van der Waals surface area contributed by atoms with Gasteiger partial charge in [-0.3, -0.25) is 4.90 Å². The predicted molar refractivity (Wildman–Crippen MR) is 73.1 cm³/mol. The molecule has 1 unspecified atom stereocenters. The van der Waals surface area contributed by atoms with Crippen LogP contribution in [0.4, 0.5) is 0 Å². The van der Waals surface area contributed by atoms with Gasteiger partial charge in [-0.25, -0.2) is 0 Å². The van der Waals surface area contributed by atoms with Crippen LogP contribution in [-0.4, -0.2) is 42.8 Å². The molecule has 102 valence electrons. The van der Waals surface area contributed by atoms with Gasteiger partial charge < -0.3 is 10.5 Å². The molecule has 3 nitrogen and oxygen atoms in total. The maximum absolute atomic E-state index is 6.19. The van der Waals surface area contributed by atoms with Crippen LogP contribution in [0.25, 0.3) is 0 Å². The van der Waals surface area contributed by atoms with Crippen LogP contribution >= 0.6 is 0 Å². The minimum atomic E-state index is 0.323. The van der Waals surface area contributed by atoms with Crippen LogP contribution in [0, 0.1) is 5.41 Å². The number of ether oxygens (including phenoxy) is 1. The first kappa shape index (κ1) is 14.9. The van der Waals surface area contributed by atoms with E-state index in [0.29, 0.717) is 23.7 Å². The molecule has 1 aliphatic heterocycles. The van der Waals surface area contributed by atoms with Gasteiger partial charge in [-0.1, -0.05) is 20.8 Å². The number of morpholine rings is 1. The van der Waals surface area contributed by atoms with E-state index in [2.05, 4.69) is 39.5 Å². The van der Waals surface area contributed by atoms with Crippen molar-refractivity contribution in [2.75, 3.05) is 19.6 Å². The van der Waals surface area contributed by atoms with Crippen molar-refractivity contribution in [2.24, 2.45) is 11.1 Å². The molecule has 0 bridgehead atoms. The molecule has 3 heteroatoms. The lowest BCUT2D eigenvalue weighted by Gasteiger charge is -2.36. The first-order chi connectivity index (χ1) is 7.76. The monoisotopic (exact) mass is 242 g/mol. The Kier molecular flexibility index (Phi) is 5.42. The Bertz CT molecular complexity index is 215. The molecule has 1 saturated heterocycles. The molecule has 1 rings (SSSR count). The number of rotatable bonds is 4. The summed E-state index contributed by atoms with van der Waals surface area (Å²) in [6, 6.07) is 0.323. The highest BCUT2D eigenvalue weighted by Crippen LogP contribution is 2.21. The lowest BCUT2D eigenvalue weighted by atomic mass is 9.87. The number of hydrogen-bond donors (Lipinski definition) is 1. The molecule has 3 atom stereocenters. The molecule has 17 heavy (non-hydrogen) atoms. The average molecular weight is 242 g/mol. The van der Waals surface area contributed by atoms with Crippen molar-refractivity contribution in [3.63, 3.8) is 0 Å². The Morgan fingerprint density at radius 1 is 1.24 bits per heavy atom. The maximum Gasteiger partial charge on any atom is 0.0678 e. The molecule has 1 aliphatic rings. The minimum absolute atomic E-state index is 0.323. The zero-order chi connectivity index (χ0) is 13.1. The Morgan fingerprint density at radius 3 is 2.24 bits per heavy atom. The van der Waals surface area contributed by atoms with Gasteiger partial charge in [-0.15, -0.1) is 0 Å². The fourth-order valence-electron chi connectivity index (χ4n) is 2.70. The van der Waals surface area contributed by atoms with Gasteiger partial charge >= 0.3 is 0 Å². The first-order valence-corrected chi connectivity index (χ1v) is 6.89. The highest BCUT2D eigenvalue weighted by molar-refractivity contribution is 4.77. The Balaban J connectivity index is 2.25. The van der Waals surface area contributed by atoms with Crippen LogP contribution in [0.2, 0.25) is 0 Å². The predicted octanol–water partition coefficient (Wildman–Crippen LogP) is 2.25. The summed E-state index contributed by atoms with van der Waals surface area (Å²) in [5, 5.41) is 0. The van der Waals surface area contributed by atoms with Gasteiger partial charge in [0.15, 0.2) is 0 Å². The number of hydrogen-bond acceptors (Lipinski definition) is 3. The summed E-state index contributed by atoms with van der Waals surface area (Å²) in [6.07, 6.45) is 2.91. The number of nitrogens with zero attached hydrogens (tertiary/aromatic N) is 1. The van der Waals surface area contributed by atoms with Crippen molar-refractivity contribution in [3.8, 4) is 0 Å². The molecule has 0 radical (unpaired) electrons. The summed E-state index contributed by atoms with van der Waals surface area (Å²) in [7, 11) is 0. The van der Waals surface area contributed by atoms with E-state index >= 15 is 0 Å². The molecule has 0 aromatic rings. The van der Waals surface area contributed by atoms with E-state index in [4.69, 9.17) is 10.5 Å². The first-order valence-electron chi connectivity index (χ1n) is 6.89. The highest BCUT2D eigenvalue weighted by atomic mass is 16.5. The van der Waals surface area contributed by atoms with Gasteiger partial charge in [0.2, 0.25) is 0 Å². The van der Waals surface area contributed by atoms with Crippen LogP contribution in [0.15, 0.2) is 0 Å². The van der Waals surface area contributed by atoms with Gasteiger partial charge in [0, 0.05) is 19.1 Å². The Labute approximate surface area is 107 Å². The van der Waals surface area contributed by atoms with Gasteiger partial charge in [0.25, 0.3) is 0 Å². The molecule has 1 fully saturated rings. The average Bonchev–Trinajstić information content (AvgIpc) is 2.10. The Hall–Kier alpha value is -0.120. The molecule has 0 aromatic carbocycles. The molecular weight excluding hydrogens is 212 g/mol. The SMILES string of the molecule is C[C@@H]1CN(CCC(N)CC(C)(C)C)C[C@H](C)O1. The van der Waals surface area contributed by atoms with Gasteiger partial charge in [-0.05, 0) is 38.6 Å². The summed E-state index contributed by atoms with van der Waals surface area (Å²) >= 11 is 0. The molecule has 0 spiro atoms. The van der Waals surface area contributed by atoms with Crippen LogP contribution in [0.5, 0.6) is 0 Å². The third-order valence-electron chi connectivity index (χ3n) is 3.19. The van der Waals surface area contributed by atoms with Crippen LogP contribution in [-0.2, 0) is 4.74 Å². The van der Waals surface area contributed by atoms with Gasteiger partial charge in [-0.2, -0.15) is 0 Å². The summed E-state index contributed by atoms with van der Waals surface area (Å²) in [5.74, 6) is 0. The largest absolute Gasteiger partial charge is 0.373 e. The van der Waals surface area contributed by atoms with E-state index in [1.807, 2.05) is 0 Å². The lowest BCUT2D eigenvalue weighted by molar-refractivity contribution is -0.0685. The second-order valence-corrected chi connectivity index (χ2v) is 6.83. The fraction of sp³-hybridized carbons (Fsp3) is 1.00. The zero-order valence-electron chi connectivity index (χ0n) is 12.2. The standard InChI is InChI=1S/C14H30N2O/c1-11-9-16(10-12(2)17-11)7-6-13(15)8-14(3,4)5/h11-13H,6-10,15H2,1-5H3/t11-,12+,13?. The minimum Gasteiger partial charge on any atom is -0.373 e. The summed E-state index contributed by atoms with van der Waals surface area (Å²) in [4.78, 5) is 2.49. The summed E-state index contributed by atoms with van der Waals surface area (Å²) in [5.41, 5.74) is 6.53. The third kappa shape index (κ3) is 6.39. The second kappa shape index (κ2) is 6.17. The van der Waals surface area contributed by atoms with Crippen molar-refractivity contribution >= 4 is 0 Å². The van der Waals surface area contributed by atoms with Crippen LogP contribution < -0.4 is 5.73 Å². The van der Waals surface area contributed by atoms with Crippen molar-refractivity contribution in [2.45, 2.75) is 65.7 Å². The molecule has 2 N–H and O–H groups in total. The van der Waals surface area contributed by atoms with Crippen molar-refractivity contribution < 1.29 is 4.74 Å². The topological polar surface area (TPSA) is 38.5 Å². The van der Waals surface area contributed by atoms with Crippen LogP contribution in [0.3, 0.4) is 0 Å². The van der Waals surface area contributed by atoms with Gasteiger partial charge in [0.05, 0.1) is 12.2 Å². The summed E-state index contributed by atoms with van der Waals surface area (Å²) < 4.78 is 5.73. The fourth-order valence-corrected chi connectivity index (χ4v) is 2.70. The van der Waals surface area contributed by atoms with E-state index in [9.17, 15) is 0 Å². The second-order valence-electron chi connectivity index (χ2n) is 6.83. The van der Waals surface area contributed by atoms with E-state index in [1.165, 1.54) is 0 Å². The Morgan fingerprint density at radius 2 is 1.76 bits per heavy atom. The molecular formula is C14H30N2O. The molecule has 0 aliphatic carbocycles. The normalized spacial score (nSPS) is 29.3. The van der Waals surface area contributed by atoms with E-state index in [0.717, 1.165) is 32.5 Å². The summed E-state index contributed by atoms with van der Waals surface area (Å²) in [6.45, 7) is 14.3. The quantitative estimate of drug-likeness (QED) is 0.822. The van der Waals surface area contributed by atoms with Gasteiger partial charge in [0.1, 0.15) is 0 Å². The smallest absolute Gasteiger partial charge is 0.0678 e. The van der Waals surface area contributed by atoms with Crippen molar-refractivity contribution in [3.05, 3.63) is 0 Å². The molecule has 1 heterocycles. The lowest BCUT2D eigenvalue weighted by Crippen LogP contribution is -2.46. The van der Waals surface area contributed by atoms with Crippen molar-refractivity contribution in [1.29, 1.82) is 0 Å². The van der Waals surface area contributed by atoms with Crippen molar-refractivity contribution in [1.82, 2.24) is 4.90 Å². The van der Waals surface area contributed by atoms with E-state index in [1.54, 1.807) is 0 Å². The molecule has 0 saturated carbocycles. The van der Waals surface area contributed by atoms with E-state index in [-0.39, 0.29) is 0 Å².